The van der Waals surface area contributed by atoms with Crippen molar-refractivity contribution in [2.75, 3.05) is 39.8 Å². The molecule has 2 fully saturated rings. The molecule has 0 saturated carbocycles. The number of carbonyl (C=O) groups is 1. The molecule has 26 heavy (non-hydrogen) atoms. The molecule has 0 bridgehead atoms. The number of likely N-dealkylation sites (N-methyl/N-ethyl adjacent to an activating group) is 1. The maximum absolute atomic E-state index is 12.9. The van der Waals surface area contributed by atoms with E-state index < -0.39 is 21.0 Å². The number of hydrogen-bond acceptors (Lipinski definition) is 6. The van der Waals surface area contributed by atoms with Crippen molar-refractivity contribution >= 4 is 21.6 Å². The van der Waals surface area contributed by atoms with Crippen LogP contribution in [0.4, 0.5) is 5.69 Å². The van der Waals surface area contributed by atoms with Crippen LogP contribution >= 0.6 is 0 Å². The van der Waals surface area contributed by atoms with Crippen molar-refractivity contribution in [3.05, 3.63) is 34.4 Å². The van der Waals surface area contributed by atoms with Gasteiger partial charge in [-0.25, -0.2) is 8.42 Å². The minimum Gasteiger partial charge on any atom is -0.339 e. The Hall–Kier alpha value is -2.04. The maximum Gasteiger partial charge on any atom is 0.269 e. The van der Waals surface area contributed by atoms with Crippen LogP contribution in [0.25, 0.3) is 0 Å². The SMILES string of the molecule is CN1CCN(C(=O)[C@@H]2CCCN2S(=O)(=O)c2ccc([N+](=O)[O-])cc2)CC1. The van der Waals surface area contributed by atoms with Crippen LogP contribution in [0.1, 0.15) is 12.8 Å². The standard InChI is InChI=1S/C16H22N4O5S/c1-17-9-11-18(12-10-17)16(21)15-3-2-8-19(15)26(24,25)14-6-4-13(5-7-14)20(22)23/h4-7,15H,2-3,8-12H2,1H3/t15-/m0/s1. The normalized spacial score (nSPS) is 22.5. The molecule has 10 heteroatoms. The smallest absolute Gasteiger partial charge is 0.269 e. The highest BCUT2D eigenvalue weighted by Gasteiger charge is 2.41. The fourth-order valence-corrected chi connectivity index (χ4v) is 5.04. The second-order valence-electron chi connectivity index (χ2n) is 6.65. The zero-order valence-corrected chi connectivity index (χ0v) is 15.4. The van der Waals surface area contributed by atoms with E-state index >= 15 is 0 Å². The second-order valence-corrected chi connectivity index (χ2v) is 8.54. The average Bonchev–Trinajstić information content (AvgIpc) is 3.12. The van der Waals surface area contributed by atoms with Crippen molar-refractivity contribution in [2.45, 2.75) is 23.8 Å². The molecule has 3 rings (SSSR count). The predicted octanol–water partition coefficient (Wildman–Crippen LogP) is 0.522. The number of sulfonamides is 1. The molecule has 0 unspecified atom stereocenters. The molecule has 1 amide bonds. The molecule has 2 aliphatic rings. The van der Waals surface area contributed by atoms with Gasteiger partial charge < -0.3 is 9.80 Å². The van der Waals surface area contributed by atoms with Crippen LogP contribution in [-0.4, -0.2) is 79.2 Å². The van der Waals surface area contributed by atoms with Gasteiger partial charge in [0.1, 0.15) is 6.04 Å². The zero-order chi connectivity index (χ0) is 18.9. The Balaban J connectivity index is 1.80. The molecule has 0 N–H and O–H groups in total. The summed E-state index contributed by atoms with van der Waals surface area (Å²) >= 11 is 0. The van der Waals surface area contributed by atoms with E-state index in [1.54, 1.807) is 4.90 Å². The largest absolute Gasteiger partial charge is 0.339 e. The maximum atomic E-state index is 12.9. The van der Waals surface area contributed by atoms with Crippen molar-refractivity contribution < 1.29 is 18.1 Å². The average molecular weight is 382 g/mol. The lowest BCUT2D eigenvalue weighted by Crippen LogP contribution is -2.53. The van der Waals surface area contributed by atoms with Crippen molar-refractivity contribution in [3.8, 4) is 0 Å². The minimum absolute atomic E-state index is 0.0267. The first kappa shape index (κ1) is 18.7. The summed E-state index contributed by atoms with van der Waals surface area (Å²) in [6.45, 7) is 3.01. The van der Waals surface area contributed by atoms with Gasteiger partial charge in [-0.15, -0.1) is 0 Å². The van der Waals surface area contributed by atoms with Crippen molar-refractivity contribution in [1.29, 1.82) is 0 Å². The number of nitro benzene ring substituents is 1. The first-order valence-corrected chi connectivity index (χ1v) is 9.98. The molecule has 0 aliphatic carbocycles. The number of carbonyl (C=O) groups excluding carboxylic acids is 1. The molecule has 1 aromatic carbocycles. The van der Waals surface area contributed by atoms with E-state index in [9.17, 15) is 23.3 Å². The molecule has 0 aromatic heterocycles. The highest BCUT2D eigenvalue weighted by Crippen LogP contribution is 2.28. The van der Waals surface area contributed by atoms with Crippen LogP contribution in [0.2, 0.25) is 0 Å². The summed E-state index contributed by atoms with van der Waals surface area (Å²) in [5, 5.41) is 10.7. The Morgan fingerprint density at radius 3 is 2.31 bits per heavy atom. The molecule has 0 radical (unpaired) electrons. The first-order valence-electron chi connectivity index (χ1n) is 8.54. The highest BCUT2D eigenvalue weighted by molar-refractivity contribution is 7.89. The van der Waals surface area contributed by atoms with Crippen LogP contribution < -0.4 is 0 Å². The van der Waals surface area contributed by atoms with E-state index in [0.29, 0.717) is 25.9 Å². The predicted molar refractivity (Wildman–Crippen MR) is 94.1 cm³/mol. The van der Waals surface area contributed by atoms with Gasteiger partial charge in [-0.2, -0.15) is 4.31 Å². The number of non-ortho nitro benzene ring substituents is 1. The summed E-state index contributed by atoms with van der Waals surface area (Å²) in [5.74, 6) is -0.152. The lowest BCUT2D eigenvalue weighted by molar-refractivity contribution is -0.384. The summed E-state index contributed by atoms with van der Waals surface area (Å²) in [6, 6.07) is 4.09. The number of benzene rings is 1. The van der Waals surface area contributed by atoms with E-state index in [1.165, 1.54) is 28.6 Å². The monoisotopic (exact) mass is 382 g/mol. The van der Waals surface area contributed by atoms with E-state index in [-0.39, 0.29) is 23.0 Å². The second kappa shape index (κ2) is 7.29. The number of nitrogens with zero attached hydrogens (tertiary/aromatic N) is 4. The summed E-state index contributed by atoms with van der Waals surface area (Å²) in [7, 11) is -1.88. The number of amides is 1. The molecular weight excluding hydrogens is 360 g/mol. The molecule has 2 heterocycles. The Morgan fingerprint density at radius 2 is 1.73 bits per heavy atom. The quantitative estimate of drug-likeness (QED) is 0.555. The number of piperazine rings is 1. The van der Waals surface area contributed by atoms with E-state index in [2.05, 4.69) is 4.90 Å². The highest BCUT2D eigenvalue weighted by atomic mass is 32.2. The number of nitro groups is 1. The topological polar surface area (TPSA) is 104 Å². The Bertz CT molecular complexity index is 787. The van der Waals surface area contributed by atoms with Crippen LogP contribution in [0.3, 0.4) is 0 Å². The van der Waals surface area contributed by atoms with Gasteiger partial charge in [0, 0.05) is 44.9 Å². The van der Waals surface area contributed by atoms with Crippen LogP contribution in [0.15, 0.2) is 29.2 Å². The fourth-order valence-electron chi connectivity index (χ4n) is 3.39. The molecule has 2 saturated heterocycles. The third kappa shape index (κ3) is 3.57. The van der Waals surface area contributed by atoms with Crippen LogP contribution in [0, 0.1) is 10.1 Å². The van der Waals surface area contributed by atoms with Crippen molar-refractivity contribution in [3.63, 3.8) is 0 Å². The Morgan fingerprint density at radius 1 is 1.12 bits per heavy atom. The van der Waals surface area contributed by atoms with Gasteiger partial charge in [0.2, 0.25) is 15.9 Å². The van der Waals surface area contributed by atoms with Gasteiger partial charge in [0.05, 0.1) is 9.82 Å². The first-order chi connectivity index (χ1) is 12.3. The molecule has 0 spiro atoms. The molecule has 142 valence electrons. The molecular formula is C16H22N4O5S. The minimum atomic E-state index is -3.87. The molecule has 1 atom stereocenters. The van der Waals surface area contributed by atoms with Crippen molar-refractivity contribution in [1.82, 2.24) is 14.1 Å². The molecule has 1 aromatic rings. The fraction of sp³-hybridized carbons (Fsp3) is 0.562. The molecule has 9 nitrogen and oxygen atoms in total. The summed E-state index contributed by atoms with van der Waals surface area (Å²) in [4.78, 5) is 26.9. The Kier molecular flexibility index (Phi) is 5.26. The third-order valence-electron chi connectivity index (χ3n) is 4.96. The van der Waals surface area contributed by atoms with Gasteiger partial charge in [-0.3, -0.25) is 14.9 Å². The van der Waals surface area contributed by atoms with Crippen LogP contribution in [0.5, 0.6) is 0 Å². The summed E-state index contributed by atoms with van der Waals surface area (Å²) in [6.07, 6.45) is 1.12. The van der Waals surface area contributed by atoms with E-state index in [0.717, 1.165) is 13.1 Å². The lowest BCUT2D eigenvalue weighted by Gasteiger charge is -2.35. The molecule has 2 aliphatic heterocycles. The van der Waals surface area contributed by atoms with E-state index in [4.69, 9.17) is 0 Å². The Labute approximate surface area is 152 Å². The van der Waals surface area contributed by atoms with Gasteiger partial charge in [0.25, 0.3) is 5.69 Å². The van der Waals surface area contributed by atoms with Gasteiger partial charge >= 0.3 is 0 Å². The summed E-state index contributed by atoms with van der Waals surface area (Å²) < 4.78 is 27.1. The van der Waals surface area contributed by atoms with Gasteiger partial charge in [-0.1, -0.05) is 0 Å². The lowest BCUT2D eigenvalue weighted by atomic mass is 10.2. The zero-order valence-electron chi connectivity index (χ0n) is 14.6. The summed E-state index contributed by atoms with van der Waals surface area (Å²) in [5.41, 5.74) is -0.171. The number of rotatable bonds is 4. The van der Waals surface area contributed by atoms with Crippen LogP contribution in [-0.2, 0) is 14.8 Å². The van der Waals surface area contributed by atoms with Crippen molar-refractivity contribution in [2.24, 2.45) is 0 Å². The third-order valence-corrected chi connectivity index (χ3v) is 6.88. The van der Waals surface area contributed by atoms with Gasteiger partial charge in [-0.05, 0) is 32.0 Å². The van der Waals surface area contributed by atoms with Gasteiger partial charge in [0.15, 0.2) is 0 Å². The van der Waals surface area contributed by atoms with E-state index in [1.807, 2.05) is 7.05 Å². The number of hydrogen-bond donors (Lipinski definition) is 0.